The normalized spacial score (nSPS) is 16.2. The van der Waals surface area contributed by atoms with Gasteiger partial charge in [0.25, 0.3) is 0 Å². The Bertz CT molecular complexity index is 457. The van der Waals surface area contributed by atoms with Gasteiger partial charge in [-0.2, -0.15) is 13.2 Å². The molecule has 9 heteroatoms. The van der Waals surface area contributed by atoms with E-state index in [2.05, 4.69) is 15.5 Å². The van der Waals surface area contributed by atoms with Gasteiger partial charge < -0.3 is 10.2 Å². The second kappa shape index (κ2) is 6.38. The molecule has 1 fully saturated rings. The van der Waals surface area contributed by atoms with E-state index in [1.165, 1.54) is 0 Å². The average Bonchev–Trinajstić information content (AvgIpc) is 2.88. The lowest BCUT2D eigenvalue weighted by Gasteiger charge is -2.26. The van der Waals surface area contributed by atoms with Crippen LogP contribution in [-0.4, -0.2) is 40.6 Å². The monoisotopic (exact) mass is 308 g/mol. The Morgan fingerprint density at radius 2 is 1.95 bits per heavy atom. The third-order valence-corrected chi connectivity index (χ3v) is 3.92. The van der Waals surface area contributed by atoms with Crippen LogP contribution < -0.4 is 5.32 Å². The number of aromatic nitrogens is 2. The van der Waals surface area contributed by atoms with Gasteiger partial charge in [-0.1, -0.05) is 11.3 Å². The van der Waals surface area contributed by atoms with Crippen molar-refractivity contribution in [2.75, 3.05) is 25.0 Å². The third kappa shape index (κ3) is 4.06. The molecule has 0 aliphatic carbocycles. The van der Waals surface area contributed by atoms with Crippen LogP contribution in [0.3, 0.4) is 0 Å². The van der Waals surface area contributed by atoms with Crippen LogP contribution in [0.15, 0.2) is 0 Å². The number of nitrogens with zero attached hydrogens (tertiary/aromatic N) is 3. The molecule has 1 saturated heterocycles. The maximum atomic E-state index is 12.3. The molecule has 0 spiro atoms. The molecule has 0 aromatic carbocycles. The number of nitrogens with one attached hydrogen (secondary N) is 1. The van der Waals surface area contributed by atoms with Crippen LogP contribution >= 0.6 is 11.3 Å². The number of carbonyl (C=O) groups is 1. The van der Waals surface area contributed by atoms with Crippen molar-refractivity contribution in [3.63, 3.8) is 0 Å². The van der Waals surface area contributed by atoms with Crippen molar-refractivity contribution in [2.45, 2.75) is 31.9 Å². The Labute approximate surface area is 118 Å². The number of carbonyl (C=O) groups excluding carboxylic acids is 1. The summed E-state index contributed by atoms with van der Waals surface area (Å²) in [5.74, 6) is 0.0257. The molecule has 0 bridgehead atoms. The molecule has 0 unspecified atom stereocenters. The lowest BCUT2D eigenvalue weighted by atomic mass is 10.1. The smallest absolute Gasteiger partial charge is 0.360 e. The van der Waals surface area contributed by atoms with Gasteiger partial charge in [-0.05, 0) is 19.3 Å². The van der Waals surface area contributed by atoms with Crippen molar-refractivity contribution in [1.29, 1.82) is 0 Å². The van der Waals surface area contributed by atoms with Crippen molar-refractivity contribution in [3.8, 4) is 0 Å². The van der Waals surface area contributed by atoms with E-state index in [0.29, 0.717) is 11.3 Å². The molecular weight excluding hydrogens is 293 g/mol. The molecule has 5 nitrogen and oxygen atoms in total. The SMILES string of the molecule is O=C(CCNc1nnc(C(F)(F)F)s1)N1CCCCC1. The Balaban J connectivity index is 1.75. The molecule has 112 valence electrons. The van der Waals surface area contributed by atoms with Crippen LogP contribution in [-0.2, 0) is 11.0 Å². The van der Waals surface area contributed by atoms with E-state index in [1.807, 2.05) is 0 Å². The topological polar surface area (TPSA) is 58.1 Å². The summed E-state index contributed by atoms with van der Waals surface area (Å²) < 4.78 is 36.9. The predicted molar refractivity (Wildman–Crippen MR) is 68.4 cm³/mol. The van der Waals surface area contributed by atoms with E-state index in [9.17, 15) is 18.0 Å². The minimum absolute atomic E-state index is 0.0257. The molecule has 1 aliphatic rings. The molecule has 1 amide bonds. The quantitative estimate of drug-likeness (QED) is 0.928. The van der Waals surface area contributed by atoms with Crippen molar-refractivity contribution in [1.82, 2.24) is 15.1 Å². The van der Waals surface area contributed by atoms with E-state index in [1.54, 1.807) is 4.90 Å². The minimum atomic E-state index is -4.47. The fourth-order valence-electron chi connectivity index (χ4n) is 1.99. The number of amides is 1. The fourth-order valence-corrected chi connectivity index (χ4v) is 2.62. The summed E-state index contributed by atoms with van der Waals surface area (Å²) in [6.45, 7) is 1.81. The third-order valence-electron chi connectivity index (χ3n) is 2.99. The first kappa shape index (κ1) is 15.0. The molecule has 0 saturated carbocycles. The number of piperidine rings is 1. The van der Waals surface area contributed by atoms with Gasteiger partial charge in [-0.25, -0.2) is 0 Å². The van der Waals surface area contributed by atoms with Gasteiger partial charge in [0.2, 0.25) is 16.0 Å². The molecular formula is C11H15F3N4OS. The Morgan fingerprint density at radius 3 is 2.55 bits per heavy atom. The summed E-state index contributed by atoms with van der Waals surface area (Å²) in [6.07, 6.45) is -1.04. The van der Waals surface area contributed by atoms with Crippen LogP contribution in [0.4, 0.5) is 18.3 Å². The second-order valence-corrected chi connectivity index (χ2v) is 5.51. The van der Waals surface area contributed by atoms with Crippen LogP contribution in [0.5, 0.6) is 0 Å². The zero-order chi connectivity index (χ0) is 14.6. The van der Waals surface area contributed by atoms with Gasteiger partial charge in [0.1, 0.15) is 0 Å². The van der Waals surface area contributed by atoms with Crippen LogP contribution in [0.2, 0.25) is 0 Å². The van der Waals surface area contributed by atoms with E-state index >= 15 is 0 Å². The van der Waals surface area contributed by atoms with Crippen molar-refractivity contribution >= 4 is 22.4 Å². The number of hydrogen-bond acceptors (Lipinski definition) is 5. The average molecular weight is 308 g/mol. The number of likely N-dealkylation sites (tertiary alicyclic amines) is 1. The van der Waals surface area contributed by atoms with Crippen molar-refractivity contribution in [3.05, 3.63) is 5.01 Å². The van der Waals surface area contributed by atoms with E-state index in [4.69, 9.17) is 0 Å². The Kier molecular flexibility index (Phi) is 4.79. The first-order chi connectivity index (χ1) is 9.47. The Hall–Kier alpha value is -1.38. The molecule has 1 aromatic rings. The number of anilines is 1. The number of halogens is 3. The van der Waals surface area contributed by atoms with Crippen LogP contribution in [0.1, 0.15) is 30.7 Å². The van der Waals surface area contributed by atoms with Gasteiger partial charge in [0.15, 0.2) is 0 Å². The van der Waals surface area contributed by atoms with Crippen molar-refractivity contribution in [2.24, 2.45) is 0 Å². The minimum Gasteiger partial charge on any atom is -0.360 e. The molecule has 20 heavy (non-hydrogen) atoms. The summed E-state index contributed by atoms with van der Waals surface area (Å²) in [5.41, 5.74) is 0. The highest BCUT2D eigenvalue weighted by molar-refractivity contribution is 7.15. The van der Waals surface area contributed by atoms with Gasteiger partial charge >= 0.3 is 6.18 Å². The lowest BCUT2D eigenvalue weighted by molar-refractivity contribution is -0.138. The lowest BCUT2D eigenvalue weighted by Crippen LogP contribution is -2.36. The van der Waals surface area contributed by atoms with Gasteiger partial charge in [-0.15, -0.1) is 10.2 Å². The highest BCUT2D eigenvalue weighted by Crippen LogP contribution is 2.32. The molecule has 2 rings (SSSR count). The summed E-state index contributed by atoms with van der Waals surface area (Å²) in [5, 5.41) is 8.27. The van der Waals surface area contributed by atoms with Gasteiger partial charge in [-0.3, -0.25) is 4.79 Å². The molecule has 1 aromatic heterocycles. The first-order valence-electron chi connectivity index (χ1n) is 6.39. The predicted octanol–water partition coefficient (Wildman–Crippen LogP) is 2.37. The number of rotatable bonds is 4. The maximum Gasteiger partial charge on any atom is 0.445 e. The van der Waals surface area contributed by atoms with Gasteiger partial charge in [0.05, 0.1) is 0 Å². The van der Waals surface area contributed by atoms with Gasteiger partial charge in [0, 0.05) is 26.1 Å². The van der Waals surface area contributed by atoms with E-state index in [0.717, 1.165) is 32.4 Å². The summed E-state index contributed by atoms with van der Waals surface area (Å²) in [7, 11) is 0. The maximum absolute atomic E-state index is 12.3. The van der Waals surface area contributed by atoms with E-state index < -0.39 is 11.2 Å². The van der Waals surface area contributed by atoms with Crippen molar-refractivity contribution < 1.29 is 18.0 Å². The number of hydrogen-bond donors (Lipinski definition) is 1. The zero-order valence-electron chi connectivity index (χ0n) is 10.7. The standard InChI is InChI=1S/C11H15F3N4OS/c12-11(13,14)9-16-17-10(20-9)15-5-4-8(19)18-6-2-1-3-7-18/h1-7H2,(H,15,17). The largest absolute Gasteiger partial charge is 0.445 e. The highest BCUT2D eigenvalue weighted by Gasteiger charge is 2.35. The molecule has 0 radical (unpaired) electrons. The summed E-state index contributed by atoms with van der Waals surface area (Å²) >= 11 is 0.444. The Morgan fingerprint density at radius 1 is 1.25 bits per heavy atom. The zero-order valence-corrected chi connectivity index (χ0v) is 11.6. The second-order valence-electron chi connectivity index (χ2n) is 4.53. The van der Waals surface area contributed by atoms with Crippen LogP contribution in [0.25, 0.3) is 0 Å². The first-order valence-corrected chi connectivity index (χ1v) is 7.21. The van der Waals surface area contributed by atoms with E-state index in [-0.39, 0.29) is 24.0 Å². The molecule has 1 N–H and O–H groups in total. The number of alkyl halides is 3. The van der Waals surface area contributed by atoms with Crippen LogP contribution in [0, 0.1) is 0 Å². The highest BCUT2D eigenvalue weighted by atomic mass is 32.1. The molecule has 1 aliphatic heterocycles. The fraction of sp³-hybridized carbons (Fsp3) is 0.727. The molecule has 2 heterocycles. The summed E-state index contributed by atoms with van der Waals surface area (Å²) in [4.78, 5) is 13.6. The summed E-state index contributed by atoms with van der Waals surface area (Å²) in [6, 6.07) is 0. The molecule has 0 atom stereocenters.